The van der Waals surface area contributed by atoms with Crippen molar-refractivity contribution in [2.24, 2.45) is 0 Å². The lowest BCUT2D eigenvalue weighted by Gasteiger charge is -2.36. The van der Waals surface area contributed by atoms with Gasteiger partial charge in [-0.2, -0.15) is 0 Å². The first kappa shape index (κ1) is 18.3. The number of aryl methyl sites for hydroxylation is 1. The van der Waals surface area contributed by atoms with Gasteiger partial charge in [-0.25, -0.2) is 9.97 Å². The minimum Gasteiger partial charge on any atom is -0.353 e. The van der Waals surface area contributed by atoms with Crippen molar-refractivity contribution in [3.8, 4) is 0 Å². The highest BCUT2D eigenvalue weighted by atomic mass is 32.1. The highest BCUT2D eigenvalue weighted by Gasteiger charge is 2.21. The molecular formula is C19H21N7OS. The molecule has 1 aliphatic heterocycles. The van der Waals surface area contributed by atoms with Crippen molar-refractivity contribution < 1.29 is 4.79 Å². The van der Waals surface area contributed by atoms with E-state index in [1.807, 2.05) is 36.5 Å². The number of piperazine rings is 1. The number of hydrogen-bond acceptors (Lipinski definition) is 8. The lowest BCUT2D eigenvalue weighted by atomic mass is 10.2. The lowest BCUT2D eigenvalue weighted by molar-refractivity contribution is 0.0954. The zero-order chi connectivity index (χ0) is 19.3. The van der Waals surface area contributed by atoms with Crippen LogP contribution in [0.25, 0.3) is 0 Å². The van der Waals surface area contributed by atoms with Crippen LogP contribution < -0.4 is 15.1 Å². The number of nitrogens with zero attached hydrogens (tertiary/aromatic N) is 6. The zero-order valence-corrected chi connectivity index (χ0v) is 16.4. The van der Waals surface area contributed by atoms with Crippen molar-refractivity contribution in [2.75, 3.05) is 36.0 Å². The van der Waals surface area contributed by atoms with E-state index in [2.05, 4.69) is 34.7 Å². The maximum Gasteiger partial charge on any atom is 0.265 e. The summed E-state index contributed by atoms with van der Waals surface area (Å²) in [4.78, 5) is 26.5. The fourth-order valence-electron chi connectivity index (χ4n) is 3.24. The quantitative estimate of drug-likeness (QED) is 0.706. The molecule has 0 atom stereocenters. The number of amides is 1. The van der Waals surface area contributed by atoms with Crippen molar-refractivity contribution in [1.29, 1.82) is 0 Å². The number of nitrogens with one attached hydrogen (secondary N) is 1. The van der Waals surface area contributed by atoms with Crippen LogP contribution in [-0.4, -0.2) is 51.6 Å². The summed E-state index contributed by atoms with van der Waals surface area (Å²) in [5.41, 5.74) is 1.65. The van der Waals surface area contributed by atoms with Crippen molar-refractivity contribution >= 4 is 29.1 Å². The van der Waals surface area contributed by atoms with E-state index in [1.54, 1.807) is 13.1 Å². The number of carbonyl (C=O) groups excluding carboxylic acids is 1. The highest BCUT2D eigenvalue weighted by Crippen LogP contribution is 2.21. The molecule has 0 radical (unpaired) electrons. The van der Waals surface area contributed by atoms with Crippen molar-refractivity contribution in [3.05, 3.63) is 58.9 Å². The first-order chi connectivity index (χ1) is 13.7. The largest absolute Gasteiger partial charge is 0.353 e. The van der Waals surface area contributed by atoms with Gasteiger partial charge in [-0.3, -0.25) is 4.79 Å². The van der Waals surface area contributed by atoms with E-state index >= 15 is 0 Å². The molecule has 3 aromatic rings. The minimum atomic E-state index is -0.151. The van der Waals surface area contributed by atoms with Gasteiger partial charge in [-0.1, -0.05) is 16.6 Å². The van der Waals surface area contributed by atoms with E-state index in [1.165, 1.54) is 0 Å². The molecule has 0 aromatic carbocycles. The first-order valence-corrected chi connectivity index (χ1v) is 9.91. The smallest absolute Gasteiger partial charge is 0.265 e. The van der Waals surface area contributed by atoms with E-state index < -0.39 is 0 Å². The molecule has 0 aliphatic carbocycles. The Morgan fingerprint density at radius 3 is 2.57 bits per heavy atom. The summed E-state index contributed by atoms with van der Waals surface area (Å²) in [6, 6.07) is 9.88. The number of pyridine rings is 2. The Bertz CT molecular complexity index is 938. The SMILES string of the molecule is Cc1nnsc1C(=O)NCc1cccnc1N1CCN(c2ccccn2)CC1. The summed E-state index contributed by atoms with van der Waals surface area (Å²) in [6.07, 6.45) is 3.62. The average Bonchev–Trinajstić information content (AvgIpc) is 3.19. The normalized spacial score (nSPS) is 14.2. The number of carbonyl (C=O) groups is 1. The lowest BCUT2D eigenvalue weighted by Crippen LogP contribution is -2.47. The Morgan fingerprint density at radius 2 is 1.86 bits per heavy atom. The third kappa shape index (κ3) is 3.94. The van der Waals surface area contributed by atoms with Gasteiger partial charge in [-0.15, -0.1) is 5.10 Å². The van der Waals surface area contributed by atoms with Crippen molar-refractivity contribution in [2.45, 2.75) is 13.5 Å². The molecule has 1 saturated heterocycles. The molecule has 0 saturated carbocycles. The number of rotatable bonds is 5. The Balaban J connectivity index is 1.41. The predicted octanol–water partition coefficient (Wildman–Crippen LogP) is 1.89. The Kier molecular flexibility index (Phi) is 5.43. The van der Waals surface area contributed by atoms with Crippen LogP contribution in [0.1, 0.15) is 20.9 Å². The Hall–Kier alpha value is -3.07. The van der Waals surface area contributed by atoms with Gasteiger partial charge in [0.2, 0.25) is 0 Å². The van der Waals surface area contributed by atoms with E-state index in [4.69, 9.17) is 0 Å². The Labute approximate surface area is 167 Å². The molecule has 1 aliphatic rings. The van der Waals surface area contributed by atoms with Crippen molar-refractivity contribution in [1.82, 2.24) is 24.9 Å². The van der Waals surface area contributed by atoms with Crippen LogP contribution >= 0.6 is 11.5 Å². The second-order valence-corrected chi connectivity index (χ2v) is 7.27. The van der Waals surface area contributed by atoms with Gasteiger partial charge < -0.3 is 15.1 Å². The molecule has 1 fully saturated rings. The first-order valence-electron chi connectivity index (χ1n) is 9.14. The van der Waals surface area contributed by atoms with Crippen LogP contribution in [0.15, 0.2) is 42.7 Å². The van der Waals surface area contributed by atoms with Gasteiger partial charge in [0.1, 0.15) is 16.5 Å². The molecule has 1 N–H and O–H groups in total. The standard InChI is InChI=1S/C19H21N7OS/c1-14-17(28-24-23-14)19(27)22-13-15-5-4-8-21-18(15)26-11-9-25(10-12-26)16-6-2-3-7-20-16/h2-8H,9-13H2,1H3,(H,22,27). The summed E-state index contributed by atoms with van der Waals surface area (Å²) in [6.45, 7) is 5.67. The molecule has 3 aromatic heterocycles. The van der Waals surface area contributed by atoms with Gasteiger partial charge in [0.15, 0.2) is 0 Å². The highest BCUT2D eigenvalue weighted by molar-refractivity contribution is 7.07. The van der Waals surface area contributed by atoms with E-state index in [9.17, 15) is 4.79 Å². The minimum absolute atomic E-state index is 0.151. The molecule has 28 heavy (non-hydrogen) atoms. The maximum atomic E-state index is 12.4. The van der Waals surface area contributed by atoms with Crippen LogP contribution in [0.2, 0.25) is 0 Å². The van der Waals surface area contributed by atoms with E-state index in [0.29, 0.717) is 17.1 Å². The van der Waals surface area contributed by atoms with E-state index in [-0.39, 0.29) is 5.91 Å². The summed E-state index contributed by atoms with van der Waals surface area (Å²) in [5.74, 6) is 1.77. The van der Waals surface area contributed by atoms with Crippen LogP contribution in [-0.2, 0) is 6.54 Å². The fraction of sp³-hybridized carbons (Fsp3) is 0.316. The summed E-state index contributed by atoms with van der Waals surface area (Å²) in [5, 5.41) is 6.85. The molecule has 9 heteroatoms. The number of anilines is 2. The van der Waals surface area contributed by atoms with Crippen LogP contribution in [0.4, 0.5) is 11.6 Å². The summed E-state index contributed by atoms with van der Waals surface area (Å²) in [7, 11) is 0. The summed E-state index contributed by atoms with van der Waals surface area (Å²) >= 11 is 1.11. The van der Waals surface area contributed by atoms with Gasteiger partial charge >= 0.3 is 0 Å². The molecule has 4 heterocycles. The van der Waals surface area contributed by atoms with Gasteiger partial charge in [-0.05, 0) is 36.7 Å². The monoisotopic (exact) mass is 395 g/mol. The second-order valence-electron chi connectivity index (χ2n) is 6.52. The van der Waals surface area contributed by atoms with Crippen LogP contribution in [0.3, 0.4) is 0 Å². The molecule has 0 spiro atoms. The predicted molar refractivity (Wildman–Crippen MR) is 109 cm³/mol. The van der Waals surface area contributed by atoms with Gasteiger partial charge in [0.25, 0.3) is 5.91 Å². The third-order valence-electron chi connectivity index (χ3n) is 4.72. The Morgan fingerprint density at radius 1 is 1.07 bits per heavy atom. The molecule has 0 unspecified atom stereocenters. The molecule has 144 valence electrons. The molecule has 8 nitrogen and oxygen atoms in total. The van der Waals surface area contributed by atoms with Crippen LogP contribution in [0.5, 0.6) is 0 Å². The fourth-order valence-corrected chi connectivity index (χ4v) is 3.81. The molecule has 4 rings (SSSR count). The van der Waals surface area contributed by atoms with Gasteiger partial charge in [0, 0.05) is 50.7 Å². The molecular weight excluding hydrogens is 374 g/mol. The maximum absolute atomic E-state index is 12.4. The van der Waals surface area contributed by atoms with Crippen LogP contribution in [0, 0.1) is 6.92 Å². The number of aromatic nitrogens is 4. The van der Waals surface area contributed by atoms with Crippen molar-refractivity contribution in [3.63, 3.8) is 0 Å². The second kappa shape index (κ2) is 8.30. The third-order valence-corrected chi connectivity index (χ3v) is 5.54. The van der Waals surface area contributed by atoms with Gasteiger partial charge in [0.05, 0.1) is 5.69 Å². The number of hydrogen-bond donors (Lipinski definition) is 1. The average molecular weight is 395 g/mol. The zero-order valence-electron chi connectivity index (χ0n) is 15.6. The molecule has 1 amide bonds. The van der Waals surface area contributed by atoms with E-state index in [0.717, 1.165) is 54.9 Å². The summed E-state index contributed by atoms with van der Waals surface area (Å²) < 4.78 is 3.82. The molecule has 0 bridgehead atoms. The topological polar surface area (TPSA) is 87.1 Å².